The molecule has 206 valence electrons. The zero-order chi connectivity index (χ0) is 28.3. The summed E-state index contributed by atoms with van der Waals surface area (Å²) in [7, 11) is 1.67. The van der Waals surface area contributed by atoms with Crippen LogP contribution in [0.2, 0.25) is 0 Å². The van der Waals surface area contributed by atoms with Crippen molar-refractivity contribution in [2.75, 3.05) is 7.11 Å². The molecule has 0 saturated carbocycles. The molecule has 2 unspecified atom stereocenters. The molecule has 0 saturated heterocycles. The molecule has 1 N–H and O–H groups in total. The van der Waals surface area contributed by atoms with Crippen LogP contribution in [0.4, 0.5) is 13.2 Å². The second-order valence-electron chi connectivity index (χ2n) is 11.1. The molecule has 41 heavy (non-hydrogen) atoms. The Balaban J connectivity index is 1.42. The van der Waals surface area contributed by atoms with E-state index in [4.69, 9.17) is 4.74 Å². The number of hydrogen-bond donors (Lipinski definition) is 1. The van der Waals surface area contributed by atoms with E-state index in [-0.39, 0.29) is 17.6 Å². The molecule has 3 nitrogen and oxygen atoms in total. The predicted molar refractivity (Wildman–Crippen MR) is 153 cm³/mol. The Morgan fingerprint density at radius 1 is 0.902 bits per heavy atom. The molecule has 7 rings (SSSR count). The number of methoxy groups -OCH3 is 1. The van der Waals surface area contributed by atoms with Gasteiger partial charge in [0.2, 0.25) is 0 Å². The maximum atomic E-state index is 13.6. The largest absolute Gasteiger partial charge is 0.416 e. The zero-order valence-electron chi connectivity index (χ0n) is 22.5. The monoisotopic (exact) mass is 551 g/mol. The lowest BCUT2D eigenvalue weighted by molar-refractivity contribution is -0.137. The van der Waals surface area contributed by atoms with Crippen LogP contribution >= 0.6 is 0 Å². The molecule has 1 heterocycles. The highest BCUT2D eigenvalue weighted by molar-refractivity contribution is 6.10. The van der Waals surface area contributed by atoms with Gasteiger partial charge >= 0.3 is 6.18 Å². The summed E-state index contributed by atoms with van der Waals surface area (Å²) in [5.41, 5.74) is 9.25. The van der Waals surface area contributed by atoms with Gasteiger partial charge in [0.1, 0.15) is 0 Å². The van der Waals surface area contributed by atoms with Crippen LogP contribution in [0.25, 0.3) is 22.0 Å². The number of carbonyl (C=O) groups excluding carboxylic acids is 1. The van der Waals surface area contributed by atoms with Crippen LogP contribution in [0.15, 0.2) is 84.9 Å². The number of aromatic nitrogens is 1. The fourth-order valence-electron chi connectivity index (χ4n) is 7.07. The number of para-hydroxylation sites is 1. The molecule has 5 aromatic rings. The molecule has 0 bridgehead atoms. The first-order chi connectivity index (χ1) is 19.8. The van der Waals surface area contributed by atoms with Gasteiger partial charge in [0.25, 0.3) is 0 Å². The van der Waals surface area contributed by atoms with Gasteiger partial charge in [-0.2, -0.15) is 13.2 Å². The van der Waals surface area contributed by atoms with Crippen molar-refractivity contribution >= 4 is 16.7 Å². The Bertz CT molecular complexity index is 1820. The third kappa shape index (κ3) is 4.20. The molecule has 0 fully saturated rings. The zero-order valence-corrected chi connectivity index (χ0v) is 22.5. The number of carbonyl (C=O) groups is 1. The maximum Gasteiger partial charge on any atom is 0.416 e. The number of ketones is 1. The van der Waals surface area contributed by atoms with Gasteiger partial charge < -0.3 is 9.72 Å². The van der Waals surface area contributed by atoms with Gasteiger partial charge in [-0.25, -0.2) is 0 Å². The number of Topliss-reactive ketones (excluding diaryl/α,β-unsaturated/α-hetero) is 1. The lowest BCUT2D eigenvalue weighted by Crippen LogP contribution is -2.18. The number of fused-ring (bicyclic) bond motifs is 6. The van der Waals surface area contributed by atoms with E-state index in [9.17, 15) is 18.0 Å². The average Bonchev–Trinajstić information content (AvgIpc) is 3.51. The van der Waals surface area contributed by atoms with Crippen molar-refractivity contribution in [3.05, 3.63) is 130 Å². The van der Waals surface area contributed by atoms with E-state index >= 15 is 0 Å². The predicted octanol–water partition coefficient (Wildman–Crippen LogP) is 8.80. The summed E-state index contributed by atoms with van der Waals surface area (Å²) in [6.07, 6.45) is -2.85. The number of ether oxygens (including phenoxy) is 1. The lowest BCUT2D eigenvalue weighted by Gasteiger charge is -2.27. The Morgan fingerprint density at radius 2 is 1.68 bits per heavy atom. The topological polar surface area (TPSA) is 42.1 Å². The number of halogens is 3. The van der Waals surface area contributed by atoms with Crippen LogP contribution in [-0.2, 0) is 23.9 Å². The summed E-state index contributed by atoms with van der Waals surface area (Å²) < 4.78 is 46.4. The number of benzene rings is 4. The fourth-order valence-corrected chi connectivity index (χ4v) is 7.07. The first-order valence-electron chi connectivity index (χ1n) is 13.9. The van der Waals surface area contributed by atoms with Crippen LogP contribution in [-0.4, -0.2) is 17.9 Å². The molecule has 0 spiro atoms. The molecule has 1 aromatic heterocycles. The minimum Gasteiger partial charge on any atom is -0.380 e. The van der Waals surface area contributed by atoms with Gasteiger partial charge in [-0.15, -0.1) is 0 Å². The normalized spacial score (nSPS) is 17.9. The van der Waals surface area contributed by atoms with Crippen LogP contribution in [0.3, 0.4) is 0 Å². The van der Waals surface area contributed by atoms with Gasteiger partial charge in [-0.3, -0.25) is 4.79 Å². The van der Waals surface area contributed by atoms with E-state index in [1.54, 1.807) is 13.2 Å². The van der Waals surface area contributed by atoms with Gasteiger partial charge in [0, 0.05) is 47.5 Å². The second kappa shape index (κ2) is 9.74. The Hall–Kier alpha value is -4.16. The number of hydrogen-bond acceptors (Lipinski definition) is 2. The van der Waals surface area contributed by atoms with Crippen LogP contribution < -0.4 is 0 Å². The molecular weight excluding hydrogens is 523 g/mol. The van der Waals surface area contributed by atoms with Crippen molar-refractivity contribution in [3.8, 4) is 11.1 Å². The molecular formula is C35H28F3NO2. The summed E-state index contributed by atoms with van der Waals surface area (Å²) in [6, 6.07) is 26.0. The SMILES string of the molecule is COCc1cccc2c1-c1cccc(C3CCC(=O)c4c3[nH]c3ccccc43)c1C2Cc1cccc(C(F)(F)F)c1. The third-order valence-corrected chi connectivity index (χ3v) is 8.71. The summed E-state index contributed by atoms with van der Waals surface area (Å²) in [5, 5.41) is 0.941. The number of aromatic amines is 1. The molecule has 4 aromatic carbocycles. The number of H-pyrrole nitrogens is 1. The van der Waals surface area contributed by atoms with Crippen LogP contribution in [0.1, 0.15) is 74.1 Å². The van der Waals surface area contributed by atoms with E-state index in [2.05, 4.69) is 35.3 Å². The highest BCUT2D eigenvalue weighted by Gasteiger charge is 2.38. The summed E-state index contributed by atoms with van der Waals surface area (Å²) >= 11 is 0. The second-order valence-corrected chi connectivity index (χ2v) is 11.1. The maximum absolute atomic E-state index is 13.6. The van der Waals surface area contributed by atoms with Crippen molar-refractivity contribution in [2.24, 2.45) is 0 Å². The fraction of sp³-hybridized carbons (Fsp3) is 0.229. The quantitative estimate of drug-likeness (QED) is 0.237. The first kappa shape index (κ1) is 25.8. The van der Waals surface area contributed by atoms with Crippen molar-refractivity contribution in [2.45, 2.75) is 43.9 Å². The van der Waals surface area contributed by atoms with E-state index in [0.717, 1.165) is 61.6 Å². The molecule has 2 aliphatic rings. The van der Waals surface area contributed by atoms with E-state index in [1.165, 1.54) is 12.1 Å². The summed E-state index contributed by atoms with van der Waals surface area (Å²) in [5.74, 6) is -0.0244. The number of rotatable bonds is 5. The highest BCUT2D eigenvalue weighted by atomic mass is 19.4. The number of alkyl halides is 3. The molecule has 0 aliphatic heterocycles. The lowest BCUT2D eigenvalue weighted by atomic mass is 9.77. The van der Waals surface area contributed by atoms with E-state index < -0.39 is 11.7 Å². The first-order valence-corrected chi connectivity index (χ1v) is 13.9. The van der Waals surface area contributed by atoms with Crippen molar-refractivity contribution in [1.82, 2.24) is 4.98 Å². The Kier molecular flexibility index (Phi) is 6.12. The summed E-state index contributed by atoms with van der Waals surface area (Å²) in [4.78, 5) is 16.7. The average molecular weight is 552 g/mol. The van der Waals surface area contributed by atoms with Crippen LogP contribution in [0.5, 0.6) is 0 Å². The van der Waals surface area contributed by atoms with Gasteiger partial charge in [0.05, 0.1) is 12.2 Å². The standard InChI is InChI=1S/C35H28F3NO2/c1-41-19-21-8-5-11-24-28(18-20-7-4-9-22(17-20)35(36,37)38)32-23(12-6-13-27(32)31(21)24)25-15-16-30(40)33-26-10-2-3-14-29(26)39-34(25)33/h2-14,17,25,28,39H,15-16,18-19H2,1H3. The van der Waals surface area contributed by atoms with Gasteiger partial charge in [0.15, 0.2) is 5.78 Å². The van der Waals surface area contributed by atoms with Crippen LogP contribution in [0, 0.1) is 0 Å². The third-order valence-electron chi connectivity index (χ3n) is 8.71. The van der Waals surface area contributed by atoms with Gasteiger partial charge in [-0.1, -0.05) is 72.8 Å². The van der Waals surface area contributed by atoms with Crippen molar-refractivity contribution in [1.29, 1.82) is 0 Å². The van der Waals surface area contributed by atoms with E-state index in [0.29, 0.717) is 31.4 Å². The Morgan fingerprint density at radius 3 is 2.51 bits per heavy atom. The van der Waals surface area contributed by atoms with E-state index in [1.807, 2.05) is 30.3 Å². The smallest absolute Gasteiger partial charge is 0.380 e. The molecule has 2 atom stereocenters. The number of nitrogens with one attached hydrogen (secondary N) is 1. The Labute approximate surface area is 236 Å². The highest BCUT2D eigenvalue weighted by Crippen LogP contribution is 2.53. The molecule has 0 radical (unpaired) electrons. The molecule has 6 heteroatoms. The van der Waals surface area contributed by atoms with Gasteiger partial charge in [-0.05, 0) is 63.9 Å². The molecule has 0 amide bonds. The van der Waals surface area contributed by atoms with Crippen molar-refractivity contribution in [3.63, 3.8) is 0 Å². The minimum absolute atomic E-state index is 0.0331. The van der Waals surface area contributed by atoms with Crippen molar-refractivity contribution < 1.29 is 22.7 Å². The minimum atomic E-state index is -4.40. The molecule has 2 aliphatic carbocycles. The summed E-state index contributed by atoms with van der Waals surface area (Å²) in [6.45, 7) is 0.438.